The molecule has 96 valence electrons. The molecule has 0 fully saturated rings. The van der Waals surface area contributed by atoms with Crippen molar-refractivity contribution in [1.82, 2.24) is 9.55 Å². The van der Waals surface area contributed by atoms with E-state index in [9.17, 15) is 5.11 Å². The predicted octanol–water partition coefficient (Wildman–Crippen LogP) is 3.33. The van der Waals surface area contributed by atoms with Gasteiger partial charge in [-0.3, -0.25) is 0 Å². The number of imidazole rings is 1. The minimum Gasteiger partial charge on any atom is -0.503 e. The van der Waals surface area contributed by atoms with Gasteiger partial charge in [0.05, 0.1) is 11.6 Å². The zero-order chi connectivity index (χ0) is 13.1. The maximum absolute atomic E-state index is 9.79. The minimum atomic E-state index is -0.0307. The van der Waals surface area contributed by atoms with Crippen molar-refractivity contribution in [2.45, 2.75) is 20.4 Å². The lowest BCUT2D eigenvalue weighted by atomic mass is 10.2. The molecule has 1 heterocycles. The van der Waals surface area contributed by atoms with Crippen LogP contribution in [0.1, 0.15) is 13.8 Å². The van der Waals surface area contributed by atoms with Gasteiger partial charge < -0.3 is 14.4 Å². The molecule has 0 aliphatic heterocycles. The number of nitrogens with zero attached hydrogens (tertiary/aromatic N) is 2. The molecule has 0 aliphatic rings. The lowest BCUT2D eigenvalue weighted by molar-refractivity contribution is 0.318. The first-order valence-corrected chi connectivity index (χ1v) is 6.22. The number of halogens is 1. The molecule has 1 aromatic heterocycles. The number of rotatable bonds is 4. The van der Waals surface area contributed by atoms with Crippen molar-refractivity contribution in [2.24, 2.45) is 0 Å². The Morgan fingerprint density at radius 3 is 2.83 bits per heavy atom. The minimum absolute atomic E-state index is 0.0307. The molecule has 18 heavy (non-hydrogen) atoms. The van der Waals surface area contributed by atoms with E-state index in [1.165, 1.54) is 0 Å². The highest BCUT2D eigenvalue weighted by atomic mass is 35.5. The van der Waals surface area contributed by atoms with Crippen molar-refractivity contribution in [3.8, 4) is 22.9 Å². The van der Waals surface area contributed by atoms with Gasteiger partial charge in [0.1, 0.15) is 5.82 Å². The van der Waals surface area contributed by atoms with Gasteiger partial charge in [-0.25, -0.2) is 4.98 Å². The third-order valence-corrected chi connectivity index (χ3v) is 2.93. The fourth-order valence-electron chi connectivity index (χ4n) is 1.79. The quantitative estimate of drug-likeness (QED) is 0.923. The van der Waals surface area contributed by atoms with E-state index in [-0.39, 0.29) is 10.8 Å². The molecule has 1 N–H and O–H groups in total. The van der Waals surface area contributed by atoms with Gasteiger partial charge in [-0.15, -0.1) is 0 Å². The Bertz CT molecular complexity index is 552. The van der Waals surface area contributed by atoms with Crippen LogP contribution in [0.2, 0.25) is 5.02 Å². The Morgan fingerprint density at radius 2 is 2.17 bits per heavy atom. The smallest absolute Gasteiger partial charge is 0.176 e. The Balaban J connectivity index is 2.52. The number of ether oxygens (including phenoxy) is 1. The Labute approximate surface area is 111 Å². The molecule has 0 saturated carbocycles. The average Bonchev–Trinajstić information content (AvgIpc) is 2.83. The van der Waals surface area contributed by atoms with E-state index in [2.05, 4.69) is 4.98 Å². The van der Waals surface area contributed by atoms with Crippen molar-refractivity contribution in [3.63, 3.8) is 0 Å². The summed E-state index contributed by atoms with van der Waals surface area (Å²) < 4.78 is 7.36. The van der Waals surface area contributed by atoms with Crippen LogP contribution in [0.4, 0.5) is 0 Å². The summed E-state index contributed by atoms with van der Waals surface area (Å²) in [5.41, 5.74) is 0.827. The number of phenols is 1. The fourth-order valence-corrected chi connectivity index (χ4v) is 2.00. The number of phenolic OH excluding ortho intramolecular Hbond substituents is 1. The highest BCUT2D eigenvalue weighted by molar-refractivity contribution is 6.32. The molecule has 2 aromatic rings. The van der Waals surface area contributed by atoms with E-state index in [1.54, 1.807) is 18.3 Å². The van der Waals surface area contributed by atoms with Crippen LogP contribution in [-0.4, -0.2) is 21.3 Å². The summed E-state index contributed by atoms with van der Waals surface area (Å²) in [5, 5.41) is 10.1. The van der Waals surface area contributed by atoms with Gasteiger partial charge in [-0.1, -0.05) is 11.6 Å². The third-order valence-electron chi connectivity index (χ3n) is 2.64. The Hall–Kier alpha value is -1.68. The highest BCUT2D eigenvalue weighted by Gasteiger charge is 2.13. The van der Waals surface area contributed by atoms with E-state index in [0.717, 1.165) is 17.9 Å². The maximum Gasteiger partial charge on any atom is 0.176 e. The van der Waals surface area contributed by atoms with E-state index in [1.807, 2.05) is 24.6 Å². The van der Waals surface area contributed by atoms with Crippen LogP contribution in [0.25, 0.3) is 11.4 Å². The Morgan fingerprint density at radius 1 is 1.39 bits per heavy atom. The van der Waals surface area contributed by atoms with Crippen molar-refractivity contribution < 1.29 is 9.84 Å². The lowest BCUT2D eigenvalue weighted by Gasteiger charge is -2.11. The van der Waals surface area contributed by atoms with E-state index in [0.29, 0.717) is 12.4 Å². The van der Waals surface area contributed by atoms with Gasteiger partial charge in [-0.2, -0.15) is 0 Å². The molecule has 0 spiro atoms. The lowest BCUT2D eigenvalue weighted by Crippen LogP contribution is -1.98. The molecule has 0 radical (unpaired) electrons. The maximum atomic E-state index is 9.79. The third kappa shape index (κ3) is 2.29. The molecule has 0 aliphatic carbocycles. The number of benzene rings is 1. The number of hydrogen-bond acceptors (Lipinski definition) is 3. The molecular formula is C13H15ClN2O2. The largest absolute Gasteiger partial charge is 0.503 e. The summed E-state index contributed by atoms with van der Waals surface area (Å²) in [6.07, 6.45) is 3.64. The van der Waals surface area contributed by atoms with Gasteiger partial charge in [0.15, 0.2) is 11.5 Å². The van der Waals surface area contributed by atoms with E-state index < -0.39 is 0 Å². The first kappa shape index (κ1) is 12.8. The van der Waals surface area contributed by atoms with Crippen molar-refractivity contribution in [3.05, 3.63) is 29.5 Å². The van der Waals surface area contributed by atoms with Gasteiger partial charge in [0, 0.05) is 24.5 Å². The van der Waals surface area contributed by atoms with E-state index in [4.69, 9.17) is 16.3 Å². The molecule has 0 atom stereocenters. The van der Waals surface area contributed by atoms with Crippen molar-refractivity contribution in [2.75, 3.05) is 6.61 Å². The second-order valence-corrected chi connectivity index (χ2v) is 4.18. The van der Waals surface area contributed by atoms with Gasteiger partial charge in [-0.05, 0) is 26.0 Å². The van der Waals surface area contributed by atoms with Crippen molar-refractivity contribution in [1.29, 1.82) is 0 Å². The van der Waals surface area contributed by atoms with Crippen LogP contribution >= 0.6 is 11.6 Å². The number of aromatic hydroxyl groups is 1. The first-order chi connectivity index (χ1) is 8.67. The summed E-state index contributed by atoms with van der Waals surface area (Å²) >= 11 is 6.00. The topological polar surface area (TPSA) is 47.3 Å². The summed E-state index contributed by atoms with van der Waals surface area (Å²) in [6.45, 7) is 5.18. The molecule has 0 unspecified atom stereocenters. The molecule has 0 saturated heterocycles. The molecule has 4 nitrogen and oxygen atoms in total. The highest BCUT2D eigenvalue weighted by Crippen LogP contribution is 2.38. The average molecular weight is 267 g/mol. The fraction of sp³-hybridized carbons (Fsp3) is 0.308. The summed E-state index contributed by atoms with van der Waals surface area (Å²) in [6, 6.07) is 3.44. The van der Waals surface area contributed by atoms with Crippen LogP contribution in [0.5, 0.6) is 11.5 Å². The van der Waals surface area contributed by atoms with Gasteiger partial charge in [0.25, 0.3) is 0 Å². The zero-order valence-corrected chi connectivity index (χ0v) is 11.1. The standard InChI is InChI=1S/C13H15ClN2O2/c1-3-16-6-5-15-13(16)9-7-10(14)12(17)11(8-9)18-4-2/h5-8,17H,3-4H2,1-2H3. The zero-order valence-electron chi connectivity index (χ0n) is 10.4. The number of aryl methyl sites for hydroxylation is 1. The molecule has 1 aromatic carbocycles. The Kier molecular flexibility index (Phi) is 3.77. The summed E-state index contributed by atoms with van der Waals surface area (Å²) in [4.78, 5) is 4.30. The summed E-state index contributed by atoms with van der Waals surface area (Å²) in [5.74, 6) is 1.16. The van der Waals surface area contributed by atoms with Crippen LogP contribution < -0.4 is 4.74 Å². The van der Waals surface area contributed by atoms with Crippen LogP contribution in [0.3, 0.4) is 0 Å². The number of hydrogen-bond donors (Lipinski definition) is 1. The first-order valence-electron chi connectivity index (χ1n) is 5.84. The van der Waals surface area contributed by atoms with Gasteiger partial charge >= 0.3 is 0 Å². The van der Waals surface area contributed by atoms with Gasteiger partial charge in [0.2, 0.25) is 0 Å². The molecular weight excluding hydrogens is 252 g/mol. The molecule has 2 rings (SSSR count). The molecule has 0 bridgehead atoms. The molecule has 5 heteroatoms. The van der Waals surface area contributed by atoms with Crippen molar-refractivity contribution >= 4 is 11.6 Å². The number of aromatic nitrogens is 2. The van der Waals surface area contributed by atoms with Crippen LogP contribution in [0.15, 0.2) is 24.5 Å². The summed E-state index contributed by atoms with van der Waals surface area (Å²) in [7, 11) is 0. The normalized spacial score (nSPS) is 10.6. The van der Waals surface area contributed by atoms with Crippen LogP contribution in [-0.2, 0) is 6.54 Å². The molecule has 0 amide bonds. The second kappa shape index (κ2) is 5.31. The second-order valence-electron chi connectivity index (χ2n) is 3.77. The SMILES string of the molecule is CCOc1cc(-c2nccn2CC)cc(Cl)c1O. The predicted molar refractivity (Wildman–Crippen MR) is 71.2 cm³/mol. The van der Waals surface area contributed by atoms with Crippen LogP contribution in [0, 0.1) is 0 Å². The monoisotopic (exact) mass is 266 g/mol. The van der Waals surface area contributed by atoms with E-state index >= 15 is 0 Å².